The van der Waals surface area contributed by atoms with Crippen LogP contribution in [0.2, 0.25) is 0 Å². The summed E-state index contributed by atoms with van der Waals surface area (Å²) in [6, 6.07) is 6.86. The van der Waals surface area contributed by atoms with Crippen LogP contribution in [0.1, 0.15) is 16.8 Å². The van der Waals surface area contributed by atoms with Crippen molar-refractivity contribution in [1.29, 1.82) is 0 Å². The highest BCUT2D eigenvalue weighted by atomic mass is 79.9. The normalized spacial score (nSPS) is 35.8. The molecule has 0 radical (unpaired) electrons. The minimum atomic E-state index is -0.511. The fourth-order valence-electron chi connectivity index (χ4n) is 4.25. The number of ketones is 1. The Hall–Kier alpha value is -1.21. The first-order valence-electron chi connectivity index (χ1n) is 7.77. The Kier molecular flexibility index (Phi) is 4.03. The molecule has 0 spiro atoms. The van der Waals surface area contributed by atoms with Crippen molar-refractivity contribution in [2.75, 3.05) is 6.61 Å². The van der Waals surface area contributed by atoms with Gasteiger partial charge in [0.1, 0.15) is 6.10 Å². The van der Waals surface area contributed by atoms with Crippen molar-refractivity contribution >= 4 is 49.6 Å². The first-order valence-corrected chi connectivity index (χ1v) is 9.48. The molecule has 0 amide bonds. The van der Waals surface area contributed by atoms with Gasteiger partial charge in [-0.1, -0.05) is 44.0 Å². The summed E-state index contributed by atoms with van der Waals surface area (Å²) >= 11 is 6.86. The molecular formula is C17H14Br2O5. The van der Waals surface area contributed by atoms with Crippen LogP contribution >= 0.6 is 31.9 Å². The van der Waals surface area contributed by atoms with Crippen LogP contribution in [0, 0.1) is 23.7 Å². The maximum atomic E-state index is 12.5. The van der Waals surface area contributed by atoms with Crippen LogP contribution in [0.3, 0.4) is 0 Å². The number of fused-ring (bicyclic) bond motifs is 1. The summed E-state index contributed by atoms with van der Waals surface area (Å²) < 4.78 is 11.5. The van der Waals surface area contributed by atoms with E-state index in [2.05, 4.69) is 31.9 Å². The van der Waals surface area contributed by atoms with E-state index in [-0.39, 0.29) is 41.1 Å². The van der Waals surface area contributed by atoms with E-state index in [9.17, 15) is 14.4 Å². The van der Waals surface area contributed by atoms with Gasteiger partial charge in [0.25, 0.3) is 0 Å². The number of carbonyl (C=O) groups excluding carboxylic acids is 3. The highest BCUT2D eigenvalue weighted by molar-refractivity contribution is 9.10. The van der Waals surface area contributed by atoms with Gasteiger partial charge in [-0.25, -0.2) is 0 Å². The third-order valence-electron chi connectivity index (χ3n) is 5.31. The zero-order chi connectivity index (χ0) is 17.0. The Balaban J connectivity index is 1.43. The Labute approximate surface area is 155 Å². The van der Waals surface area contributed by atoms with Crippen LogP contribution in [0.25, 0.3) is 0 Å². The first kappa shape index (κ1) is 16.3. The number of ether oxygens (including phenoxy) is 2. The van der Waals surface area contributed by atoms with E-state index in [1.165, 1.54) is 0 Å². The van der Waals surface area contributed by atoms with Crippen molar-refractivity contribution in [3.8, 4) is 0 Å². The van der Waals surface area contributed by atoms with Crippen molar-refractivity contribution in [3.05, 3.63) is 34.3 Å². The predicted octanol–water partition coefficient (Wildman–Crippen LogP) is 2.75. The van der Waals surface area contributed by atoms with Gasteiger partial charge in [-0.2, -0.15) is 0 Å². The van der Waals surface area contributed by atoms with Crippen LogP contribution in [0.4, 0.5) is 0 Å². The summed E-state index contributed by atoms with van der Waals surface area (Å²) in [4.78, 5) is 36.6. The molecule has 1 aliphatic heterocycles. The molecule has 6 atom stereocenters. The fraction of sp³-hybridized carbons (Fsp3) is 0.471. The number of esters is 2. The number of halogens is 2. The lowest BCUT2D eigenvalue weighted by Crippen LogP contribution is -2.39. The average molecular weight is 458 g/mol. The molecule has 24 heavy (non-hydrogen) atoms. The van der Waals surface area contributed by atoms with Gasteiger partial charge in [-0.3, -0.25) is 14.4 Å². The molecule has 3 fully saturated rings. The quantitative estimate of drug-likeness (QED) is 0.395. The van der Waals surface area contributed by atoms with E-state index in [1.54, 1.807) is 24.3 Å². The Morgan fingerprint density at radius 3 is 2.62 bits per heavy atom. The summed E-state index contributed by atoms with van der Waals surface area (Å²) in [5, 5.41) is 0. The van der Waals surface area contributed by atoms with E-state index < -0.39 is 17.8 Å². The summed E-state index contributed by atoms with van der Waals surface area (Å²) in [5.74, 6) is -1.85. The number of Topliss-reactive ketones (excluding diaryl/α,β-unsaturated/α-hetero) is 1. The highest BCUT2D eigenvalue weighted by Crippen LogP contribution is 2.60. The van der Waals surface area contributed by atoms with Gasteiger partial charge in [0, 0.05) is 16.0 Å². The summed E-state index contributed by atoms with van der Waals surface area (Å²) in [7, 11) is 0. The third kappa shape index (κ3) is 2.44. The van der Waals surface area contributed by atoms with Gasteiger partial charge in [0.05, 0.1) is 16.7 Å². The van der Waals surface area contributed by atoms with Gasteiger partial charge in [-0.15, -0.1) is 0 Å². The molecule has 0 aromatic heterocycles. The molecule has 7 heteroatoms. The molecule has 2 aliphatic carbocycles. The molecule has 3 aliphatic rings. The number of hydrogen-bond donors (Lipinski definition) is 0. The second kappa shape index (κ2) is 5.95. The van der Waals surface area contributed by atoms with Gasteiger partial charge >= 0.3 is 11.9 Å². The van der Waals surface area contributed by atoms with Crippen LogP contribution in [0.15, 0.2) is 28.7 Å². The van der Waals surface area contributed by atoms with E-state index in [0.717, 1.165) is 10.9 Å². The van der Waals surface area contributed by atoms with Crippen molar-refractivity contribution in [2.24, 2.45) is 23.7 Å². The topological polar surface area (TPSA) is 69.7 Å². The monoisotopic (exact) mass is 456 g/mol. The molecule has 126 valence electrons. The Morgan fingerprint density at radius 2 is 1.92 bits per heavy atom. The summed E-state index contributed by atoms with van der Waals surface area (Å²) in [5.41, 5.74) is 0.484. The van der Waals surface area contributed by atoms with Crippen LogP contribution in [-0.4, -0.2) is 35.3 Å². The van der Waals surface area contributed by atoms with E-state index >= 15 is 0 Å². The molecule has 1 saturated heterocycles. The van der Waals surface area contributed by atoms with Gasteiger partial charge in [0.2, 0.25) is 0 Å². The lowest BCUT2D eigenvalue weighted by molar-refractivity contribution is -0.154. The van der Waals surface area contributed by atoms with E-state index in [4.69, 9.17) is 9.47 Å². The van der Waals surface area contributed by atoms with Crippen molar-refractivity contribution in [2.45, 2.75) is 17.4 Å². The number of alkyl halides is 1. The fourth-order valence-corrected chi connectivity index (χ4v) is 5.56. The summed E-state index contributed by atoms with van der Waals surface area (Å²) in [6.07, 6.45) is 0.665. The number of carbonyl (C=O) groups is 3. The number of hydrogen-bond acceptors (Lipinski definition) is 5. The van der Waals surface area contributed by atoms with Crippen LogP contribution in [-0.2, 0) is 19.1 Å². The second-order valence-electron chi connectivity index (χ2n) is 6.50. The Morgan fingerprint density at radius 1 is 1.21 bits per heavy atom. The van der Waals surface area contributed by atoms with Gasteiger partial charge in [-0.05, 0) is 24.5 Å². The first-order chi connectivity index (χ1) is 11.5. The van der Waals surface area contributed by atoms with E-state index in [0.29, 0.717) is 5.56 Å². The SMILES string of the molecule is O=C(COC(=O)[C@@H]1[C@H]2C[C@H]3[C@H](OC(=O)[C@H]31)[C@H]2Br)c1ccc(Br)cc1. The molecule has 2 saturated carbocycles. The number of rotatable bonds is 4. The molecule has 2 bridgehead atoms. The molecular weight excluding hydrogens is 444 g/mol. The zero-order valence-corrected chi connectivity index (χ0v) is 15.7. The van der Waals surface area contributed by atoms with Crippen LogP contribution in [0.5, 0.6) is 0 Å². The third-order valence-corrected chi connectivity index (χ3v) is 7.04. The van der Waals surface area contributed by atoms with Crippen LogP contribution < -0.4 is 0 Å². The minimum absolute atomic E-state index is 0.00933. The highest BCUT2D eigenvalue weighted by Gasteiger charge is 2.68. The average Bonchev–Trinajstić information content (AvgIpc) is 3.17. The molecule has 1 heterocycles. The molecule has 5 nitrogen and oxygen atoms in total. The lowest BCUT2D eigenvalue weighted by atomic mass is 9.80. The van der Waals surface area contributed by atoms with Crippen molar-refractivity contribution < 1.29 is 23.9 Å². The van der Waals surface area contributed by atoms with Gasteiger partial charge < -0.3 is 9.47 Å². The van der Waals surface area contributed by atoms with Crippen molar-refractivity contribution in [3.63, 3.8) is 0 Å². The lowest BCUT2D eigenvalue weighted by Gasteiger charge is -2.26. The second-order valence-corrected chi connectivity index (χ2v) is 8.47. The zero-order valence-electron chi connectivity index (χ0n) is 12.5. The Bertz CT molecular complexity index is 716. The largest absolute Gasteiger partial charge is 0.461 e. The smallest absolute Gasteiger partial charge is 0.310 e. The predicted molar refractivity (Wildman–Crippen MR) is 90.6 cm³/mol. The maximum Gasteiger partial charge on any atom is 0.310 e. The van der Waals surface area contributed by atoms with E-state index in [1.807, 2.05) is 0 Å². The minimum Gasteiger partial charge on any atom is -0.461 e. The standard InChI is InChI=1S/C17H14Br2O5/c18-8-3-1-7(2-4-8)11(20)6-23-16(21)12-9-5-10-13(12)17(22)24-15(10)14(9)19/h1-4,9-10,12-15H,5-6H2/t9-,10-,12-,13-,14+,15+/m1/s1. The molecule has 1 aromatic rings. The maximum absolute atomic E-state index is 12.5. The van der Waals surface area contributed by atoms with Crippen molar-refractivity contribution in [1.82, 2.24) is 0 Å². The molecule has 1 aromatic carbocycles. The number of benzene rings is 1. The summed E-state index contributed by atoms with van der Waals surface area (Å²) in [6.45, 7) is -0.313. The molecule has 0 N–H and O–H groups in total. The van der Waals surface area contributed by atoms with Gasteiger partial charge in [0.15, 0.2) is 12.4 Å². The molecule has 4 rings (SSSR count). The molecule has 0 unspecified atom stereocenters.